The first kappa shape index (κ1) is 11.4. The first-order valence-electron chi connectivity index (χ1n) is 5.59. The van der Waals surface area contributed by atoms with E-state index in [1.54, 1.807) is 5.51 Å². The molecule has 0 aliphatic heterocycles. The van der Waals surface area contributed by atoms with E-state index >= 15 is 0 Å². The molecule has 0 aromatic carbocycles. The lowest BCUT2D eigenvalue weighted by molar-refractivity contribution is 0.0692. The molecule has 1 heterocycles. The number of nitrogens with one attached hydrogen (secondary N) is 1. The Morgan fingerprint density at radius 3 is 3.12 bits per heavy atom. The smallest absolute Gasteiger partial charge is 0.357 e. The van der Waals surface area contributed by atoms with Crippen LogP contribution in [0.5, 0.6) is 0 Å². The minimum atomic E-state index is -0.955. The van der Waals surface area contributed by atoms with E-state index in [1.165, 1.54) is 30.6 Å². The maximum atomic E-state index is 10.8. The van der Waals surface area contributed by atoms with Crippen molar-refractivity contribution in [3.05, 3.63) is 11.2 Å². The average molecular weight is 240 g/mol. The molecule has 2 unspecified atom stereocenters. The highest BCUT2D eigenvalue weighted by atomic mass is 32.1. The molecular weight excluding hydrogens is 224 g/mol. The van der Waals surface area contributed by atoms with Crippen LogP contribution in [0.1, 0.15) is 36.7 Å². The van der Waals surface area contributed by atoms with Crippen molar-refractivity contribution in [3.63, 3.8) is 0 Å². The monoisotopic (exact) mass is 240 g/mol. The van der Waals surface area contributed by atoms with Crippen LogP contribution >= 0.6 is 11.3 Å². The van der Waals surface area contributed by atoms with E-state index in [0.717, 1.165) is 12.5 Å². The van der Waals surface area contributed by atoms with Gasteiger partial charge >= 0.3 is 5.97 Å². The third kappa shape index (κ3) is 2.35. The lowest BCUT2D eigenvalue weighted by atomic mass is 9.98. The Kier molecular flexibility index (Phi) is 3.43. The van der Waals surface area contributed by atoms with Gasteiger partial charge in [-0.25, -0.2) is 9.78 Å². The number of aromatic nitrogens is 1. The van der Waals surface area contributed by atoms with Crippen LogP contribution in [0, 0.1) is 11.8 Å². The summed E-state index contributed by atoms with van der Waals surface area (Å²) in [6.45, 7) is 3.13. The Morgan fingerprint density at radius 2 is 2.50 bits per heavy atom. The van der Waals surface area contributed by atoms with Crippen LogP contribution in [0.3, 0.4) is 0 Å². The lowest BCUT2D eigenvalue weighted by Crippen LogP contribution is -2.17. The summed E-state index contributed by atoms with van der Waals surface area (Å²) >= 11 is 1.36. The molecule has 4 nitrogen and oxygen atoms in total. The van der Waals surface area contributed by atoms with Gasteiger partial charge in [-0.05, 0) is 18.3 Å². The SMILES string of the molecule is CC1CCCC1CNc1scnc1C(=O)O. The predicted octanol–water partition coefficient (Wildman–Crippen LogP) is 2.69. The summed E-state index contributed by atoms with van der Waals surface area (Å²) in [4.78, 5) is 14.7. The van der Waals surface area contributed by atoms with Crippen molar-refractivity contribution in [2.45, 2.75) is 26.2 Å². The van der Waals surface area contributed by atoms with Crippen molar-refractivity contribution in [1.82, 2.24) is 4.98 Å². The predicted molar refractivity (Wildman–Crippen MR) is 64.1 cm³/mol. The lowest BCUT2D eigenvalue weighted by Gasteiger charge is -2.15. The minimum Gasteiger partial charge on any atom is -0.476 e. The molecule has 2 rings (SSSR count). The van der Waals surface area contributed by atoms with Gasteiger partial charge in [0.15, 0.2) is 5.69 Å². The van der Waals surface area contributed by atoms with Gasteiger partial charge in [-0.15, -0.1) is 11.3 Å². The number of aromatic carboxylic acids is 1. The first-order chi connectivity index (χ1) is 7.68. The number of rotatable bonds is 4. The standard InChI is InChI=1S/C11H16N2O2S/c1-7-3-2-4-8(7)5-12-10-9(11(14)15)13-6-16-10/h6-8,12H,2-5H2,1H3,(H,14,15). The molecule has 2 N–H and O–H groups in total. The second-order valence-corrected chi connectivity index (χ2v) is 5.24. The Bertz CT molecular complexity index is 378. The summed E-state index contributed by atoms with van der Waals surface area (Å²) in [5, 5.41) is 12.8. The highest BCUT2D eigenvalue weighted by Crippen LogP contribution is 2.32. The average Bonchev–Trinajstić information content (AvgIpc) is 2.83. The van der Waals surface area contributed by atoms with Crippen molar-refractivity contribution >= 4 is 22.3 Å². The van der Waals surface area contributed by atoms with E-state index in [9.17, 15) is 4.79 Å². The van der Waals surface area contributed by atoms with Crippen molar-refractivity contribution in [1.29, 1.82) is 0 Å². The molecule has 0 bridgehead atoms. The summed E-state index contributed by atoms with van der Waals surface area (Å²) in [7, 11) is 0. The second-order valence-electron chi connectivity index (χ2n) is 4.38. The summed E-state index contributed by atoms with van der Waals surface area (Å²) in [6, 6.07) is 0. The van der Waals surface area contributed by atoms with Gasteiger partial charge in [0, 0.05) is 6.54 Å². The van der Waals surface area contributed by atoms with Gasteiger partial charge in [0.05, 0.1) is 5.51 Å². The Hall–Kier alpha value is -1.10. The second kappa shape index (κ2) is 4.82. The zero-order chi connectivity index (χ0) is 11.5. The molecule has 1 aliphatic carbocycles. The third-order valence-electron chi connectivity index (χ3n) is 3.33. The van der Waals surface area contributed by atoms with Crippen LogP contribution in [0.25, 0.3) is 0 Å². The number of anilines is 1. The van der Waals surface area contributed by atoms with Gasteiger partial charge in [0.25, 0.3) is 0 Å². The number of carboxylic acid groups (broad SMARTS) is 1. The fourth-order valence-corrected chi connectivity index (χ4v) is 2.96. The van der Waals surface area contributed by atoms with Gasteiger partial charge in [0.2, 0.25) is 0 Å². The van der Waals surface area contributed by atoms with Crippen LogP contribution in [-0.2, 0) is 0 Å². The largest absolute Gasteiger partial charge is 0.476 e. The molecule has 88 valence electrons. The van der Waals surface area contributed by atoms with Crippen LogP contribution in [-0.4, -0.2) is 22.6 Å². The number of nitrogens with zero attached hydrogens (tertiary/aromatic N) is 1. The molecule has 0 spiro atoms. The molecular formula is C11H16N2O2S. The normalized spacial score (nSPS) is 24.6. The quantitative estimate of drug-likeness (QED) is 0.849. The summed E-state index contributed by atoms with van der Waals surface area (Å²) < 4.78 is 0. The molecule has 1 aromatic rings. The highest BCUT2D eigenvalue weighted by Gasteiger charge is 2.23. The number of carboxylic acids is 1. The van der Waals surface area contributed by atoms with Crippen molar-refractivity contribution in [2.75, 3.05) is 11.9 Å². The van der Waals surface area contributed by atoms with Gasteiger partial charge in [-0.2, -0.15) is 0 Å². The van der Waals surface area contributed by atoms with Crippen LogP contribution in [0.15, 0.2) is 5.51 Å². The van der Waals surface area contributed by atoms with E-state index in [4.69, 9.17) is 5.11 Å². The zero-order valence-corrected chi connectivity index (χ0v) is 10.1. The van der Waals surface area contributed by atoms with E-state index in [2.05, 4.69) is 17.2 Å². The Morgan fingerprint density at radius 1 is 1.69 bits per heavy atom. The molecule has 5 heteroatoms. The number of thiazole rings is 1. The number of carbonyl (C=O) groups is 1. The van der Waals surface area contributed by atoms with E-state index < -0.39 is 5.97 Å². The van der Waals surface area contributed by atoms with E-state index in [-0.39, 0.29) is 5.69 Å². The summed E-state index contributed by atoms with van der Waals surface area (Å²) in [6.07, 6.45) is 3.83. The Labute approximate surface area is 98.7 Å². The van der Waals surface area contributed by atoms with Crippen molar-refractivity contribution in [3.8, 4) is 0 Å². The van der Waals surface area contributed by atoms with Crippen LogP contribution in [0.2, 0.25) is 0 Å². The van der Waals surface area contributed by atoms with Crippen LogP contribution in [0.4, 0.5) is 5.00 Å². The highest BCUT2D eigenvalue weighted by molar-refractivity contribution is 7.14. The van der Waals surface area contributed by atoms with Gasteiger partial charge in [-0.1, -0.05) is 19.8 Å². The zero-order valence-electron chi connectivity index (χ0n) is 9.27. The Balaban J connectivity index is 1.94. The maximum Gasteiger partial charge on any atom is 0.357 e. The molecule has 1 aliphatic rings. The van der Waals surface area contributed by atoms with Gasteiger partial charge < -0.3 is 10.4 Å². The summed E-state index contributed by atoms with van der Waals surface area (Å²) in [5.41, 5.74) is 1.72. The van der Waals surface area contributed by atoms with Crippen LogP contribution < -0.4 is 5.32 Å². The fourth-order valence-electron chi connectivity index (χ4n) is 2.27. The molecule has 1 fully saturated rings. The van der Waals surface area contributed by atoms with E-state index in [0.29, 0.717) is 10.9 Å². The van der Waals surface area contributed by atoms with Gasteiger partial charge in [0.1, 0.15) is 5.00 Å². The third-order valence-corrected chi connectivity index (χ3v) is 4.12. The molecule has 16 heavy (non-hydrogen) atoms. The van der Waals surface area contributed by atoms with Crippen molar-refractivity contribution in [2.24, 2.45) is 11.8 Å². The topological polar surface area (TPSA) is 62.2 Å². The molecule has 1 aromatic heterocycles. The fraction of sp³-hybridized carbons (Fsp3) is 0.636. The van der Waals surface area contributed by atoms with Crippen molar-refractivity contribution < 1.29 is 9.90 Å². The number of hydrogen-bond donors (Lipinski definition) is 2. The molecule has 2 atom stereocenters. The number of hydrogen-bond acceptors (Lipinski definition) is 4. The first-order valence-corrected chi connectivity index (χ1v) is 6.47. The molecule has 0 radical (unpaired) electrons. The maximum absolute atomic E-state index is 10.8. The van der Waals surface area contributed by atoms with Gasteiger partial charge in [-0.3, -0.25) is 0 Å². The minimum absolute atomic E-state index is 0.149. The molecule has 0 saturated heterocycles. The molecule has 0 amide bonds. The molecule has 1 saturated carbocycles. The van der Waals surface area contributed by atoms with E-state index in [1.807, 2.05) is 0 Å². The summed E-state index contributed by atoms with van der Waals surface area (Å²) in [5.74, 6) is 0.459.